The molecule has 0 atom stereocenters. The predicted molar refractivity (Wildman–Crippen MR) is 162 cm³/mol. The van der Waals surface area contributed by atoms with E-state index in [1.165, 1.54) is 0 Å². The molecule has 0 N–H and O–H groups in total. The van der Waals surface area contributed by atoms with Crippen LogP contribution in [0.4, 0.5) is 0 Å². The highest BCUT2D eigenvalue weighted by molar-refractivity contribution is 7.63. The average Bonchev–Trinajstić information content (AvgIpc) is 2.89. The van der Waals surface area contributed by atoms with Gasteiger partial charge in [0.2, 0.25) is 0 Å². The molecule has 216 valence electrons. The summed E-state index contributed by atoms with van der Waals surface area (Å²) in [4.78, 5) is 0. The van der Waals surface area contributed by atoms with E-state index in [9.17, 15) is 9.13 Å². The molecular weight excluding hydrogens is 558 g/mol. The Bertz CT molecular complexity index is 1360. The van der Waals surface area contributed by atoms with Crippen LogP contribution in [0.3, 0.4) is 0 Å². The summed E-state index contributed by atoms with van der Waals surface area (Å²) in [6.45, 7) is 14.5. The van der Waals surface area contributed by atoms with Crippen LogP contribution in [0.1, 0.15) is 44.5 Å². The van der Waals surface area contributed by atoms with E-state index in [1.807, 2.05) is 128 Å². The smallest absolute Gasteiger partial charge is 0.394 e. The summed E-state index contributed by atoms with van der Waals surface area (Å²) in [5.41, 5.74) is 5.56. The van der Waals surface area contributed by atoms with E-state index >= 15 is 0 Å². The fourth-order valence-electron chi connectivity index (χ4n) is 4.45. The summed E-state index contributed by atoms with van der Waals surface area (Å²) in [5, 5.41) is 0. The lowest BCUT2D eigenvalue weighted by Gasteiger charge is -2.27. The molecule has 0 radical (unpaired) electrons. The van der Waals surface area contributed by atoms with Gasteiger partial charge in [-0.05, 0) is 99.9 Å². The van der Waals surface area contributed by atoms with Gasteiger partial charge in [0.25, 0.3) is 0 Å². The molecule has 4 aromatic carbocycles. The Labute approximate surface area is 242 Å². The van der Waals surface area contributed by atoms with Crippen molar-refractivity contribution in [1.82, 2.24) is 0 Å². The van der Waals surface area contributed by atoms with E-state index < -0.39 is 15.6 Å². The minimum absolute atomic E-state index is 0.285. The number of phosphoric acid groups is 2. The van der Waals surface area contributed by atoms with Gasteiger partial charge in [-0.25, -0.2) is 9.13 Å². The van der Waals surface area contributed by atoms with Crippen LogP contribution in [-0.2, 0) is 13.4 Å². The van der Waals surface area contributed by atoms with Crippen LogP contribution in [0.25, 0.3) is 0 Å². The minimum atomic E-state index is -4.74. The highest BCUT2D eigenvalue weighted by Gasteiger charge is 2.47. The van der Waals surface area contributed by atoms with Crippen LogP contribution in [0.15, 0.2) is 72.8 Å². The van der Waals surface area contributed by atoms with Gasteiger partial charge >= 0.3 is 15.6 Å². The van der Waals surface area contributed by atoms with Crippen molar-refractivity contribution in [2.45, 2.75) is 55.4 Å². The van der Waals surface area contributed by atoms with E-state index in [-0.39, 0.29) is 23.0 Å². The summed E-state index contributed by atoms with van der Waals surface area (Å²) in [6.07, 6.45) is 0. The van der Waals surface area contributed by atoms with E-state index in [4.69, 9.17) is 22.4 Å². The van der Waals surface area contributed by atoms with Crippen LogP contribution in [0, 0.1) is 55.4 Å². The molecule has 0 saturated carbocycles. The number of para-hydroxylation sites is 4. The lowest BCUT2D eigenvalue weighted by Crippen LogP contribution is -2.13. The van der Waals surface area contributed by atoms with Crippen molar-refractivity contribution < 1.29 is 31.5 Å². The molecule has 7 nitrogen and oxygen atoms in total. The minimum Gasteiger partial charge on any atom is -0.394 e. The molecule has 0 bridgehead atoms. The Kier molecular flexibility index (Phi) is 9.03. The third kappa shape index (κ3) is 7.05. The van der Waals surface area contributed by atoms with Gasteiger partial charge in [-0.3, -0.25) is 0 Å². The molecule has 4 rings (SSSR count). The summed E-state index contributed by atoms with van der Waals surface area (Å²) in [6, 6.07) is 21.9. The maximum absolute atomic E-state index is 14.7. The number of hydrogen-bond acceptors (Lipinski definition) is 7. The maximum Gasteiger partial charge on any atom is 0.598 e. The summed E-state index contributed by atoms with van der Waals surface area (Å²) >= 11 is 0. The molecular formula is C32H36O7P2. The van der Waals surface area contributed by atoms with Gasteiger partial charge in [-0.2, -0.15) is 0 Å². The fourth-order valence-corrected chi connectivity index (χ4v) is 8.08. The Hall–Kier alpha value is -3.50. The Morgan fingerprint density at radius 3 is 0.707 bits per heavy atom. The number of aryl methyl sites for hydroxylation is 8. The first-order valence-electron chi connectivity index (χ1n) is 13.3. The largest absolute Gasteiger partial charge is 0.598 e. The SMILES string of the molecule is Cc1cccc(C)c1OP(=O)(Oc1c(C)cccc1C)OP(=O)(Oc1c(C)cccc1C)Oc1c(C)cccc1C. The fraction of sp³-hybridized carbons (Fsp3) is 0.250. The van der Waals surface area contributed by atoms with E-state index in [2.05, 4.69) is 0 Å². The normalized spacial score (nSPS) is 11.7. The Morgan fingerprint density at radius 2 is 0.537 bits per heavy atom. The molecule has 0 fully saturated rings. The zero-order valence-electron chi connectivity index (χ0n) is 24.7. The second-order valence-electron chi connectivity index (χ2n) is 10.2. The van der Waals surface area contributed by atoms with Crippen LogP contribution >= 0.6 is 15.6 Å². The zero-order valence-corrected chi connectivity index (χ0v) is 26.5. The highest BCUT2D eigenvalue weighted by atomic mass is 31.3. The second-order valence-corrected chi connectivity index (χ2v) is 13.4. The van der Waals surface area contributed by atoms with Gasteiger partial charge in [0.15, 0.2) is 0 Å². The third-order valence-electron chi connectivity index (χ3n) is 6.65. The Morgan fingerprint density at radius 1 is 0.366 bits per heavy atom. The lowest BCUT2D eigenvalue weighted by atomic mass is 10.1. The standard InChI is InChI=1S/C32H36O7P2/c1-21-13-9-14-22(2)29(21)35-40(33,36-30-23(3)15-10-16-24(30)4)39-41(34,37-31-25(5)17-11-18-26(31)6)38-32-27(7)19-12-20-28(32)8/h9-20H,1-8H3. The molecule has 9 heteroatoms. The zero-order chi connectivity index (χ0) is 29.9. The highest BCUT2D eigenvalue weighted by Crippen LogP contribution is 2.66. The topological polar surface area (TPSA) is 80.3 Å². The summed E-state index contributed by atoms with van der Waals surface area (Å²) in [5.74, 6) is 1.14. The van der Waals surface area contributed by atoms with E-state index in [0.717, 1.165) is 0 Å². The molecule has 4 aromatic rings. The van der Waals surface area contributed by atoms with Crippen molar-refractivity contribution in [3.8, 4) is 23.0 Å². The molecule has 0 saturated heterocycles. The third-order valence-corrected chi connectivity index (χ3v) is 9.87. The molecule has 0 aromatic heterocycles. The molecule has 0 spiro atoms. The van der Waals surface area contributed by atoms with Gasteiger partial charge in [0.05, 0.1) is 0 Å². The summed E-state index contributed by atoms with van der Waals surface area (Å²) in [7, 11) is -9.48. The van der Waals surface area contributed by atoms with Crippen LogP contribution < -0.4 is 18.1 Å². The van der Waals surface area contributed by atoms with Crippen molar-refractivity contribution in [1.29, 1.82) is 0 Å². The Balaban J connectivity index is 1.88. The number of rotatable bonds is 10. The first-order valence-corrected chi connectivity index (χ1v) is 16.2. The van der Waals surface area contributed by atoms with Gasteiger partial charge in [0.1, 0.15) is 23.0 Å². The number of phosphoric ester groups is 2. The van der Waals surface area contributed by atoms with Gasteiger partial charge in [0, 0.05) is 0 Å². The molecule has 0 unspecified atom stereocenters. The van der Waals surface area contributed by atoms with Crippen LogP contribution in [0.2, 0.25) is 0 Å². The van der Waals surface area contributed by atoms with E-state index in [0.29, 0.717) is 44.5 Å². The monoisotopic (exact) mass is 594 g/mol. The first-order chi connectivity index (χ1) is 19.3. The van der Waals surface area contributed by atoms with E-state index in [1.54, 1.807) is 0 Å². The quantitative estimate of drug-likeness (QED) is 0.169. The average molecular weight is 595 g/mol. The number of benzene rings is 4. The van der Waals surface area contributed by atoms with Crippen molar-refractivity contribution >= 4 is 15.6 Å². The molecule has 41 heavy (non-hydrogen) atoms. The van der Waals surface area contributed by atoms with Crippen molar-refractivity contribution in [2.75, 3.05) is 0 Å². The second kappa shape index (κ2) is 12.2. The molecule has 0 aliphatic heterocycles. The van der Waals surface area contributed by atoms with Crippen molar-refractivity contribution in [3.63, 3.8) is 0 Å². The van der Waals surface area contributed by atoms with Crippen molar-refractivity contribution in [2.24, 2.45) is 0 Å². The van der Waals surface area contributed by atoms with Gasteiger partial charge in [-0.15, -0.1) is 4.31 Å². The predicted octanol–water partition coefficient (Wildman–Crippen LogP) is 10.0. The maximum atomic E-state index is 14.7. The summed E-state index contributed by atoms with van der Waals surface area (Å²) < 4.78 is 59.5. The molecule has 0 heterocycles. The lowest BCUT2D eigenvalue weighted by molar-refractivity contribution is 0.240. The van der Waals surface area contributed by atoms with Crippen LogP contribution in [0.5, 0.6) is 23.0 Å². The molecule has 0 aliphatic rings. The van der Waals surface area contributed by atoms with Crippen LogP contribution in [-0.4, -0.2) is 0 Å². The first kappa shape index (κ1) is 30.5. The number of hydrogen-bond donors (Lipinski definition) is 0. The van der Waals surface area contributed by atoms with Gasteiger partial charge in [-0.1, -0.05) is 72.8 Å². The van der Waals surface area contributed by atoms with Crippen molar-refractivity contribution in [3.05, 3.63) is 117 Å². The molecule has 0 aliphatic carbocycles. The molecule has 0 amide bonds. The van der Waals surface area contributed by atoms with Gasteiger partial charge < -0.3 is 18.1 Å².